The average molecular weight is 362 g/mol. The van der Waals surface area contributed by atoms with Crippen molar-refractivity contribution in [1.29, 1.82) is 0 Å². The molecule has 6 nitrogen and oxygen atoms in total. The Morgan fingerprint density at radius 3 is 2.38 bits per heavy atom. The molecule has 0 amide bonds. The van der Waals surface area contributed by atoms with E-state index in [1.54, 1.807) is 0 Å². The Labute approximate surface area is 171 Å². The molecule has 0 radical (unpaired) electrons. The normalized spacial score (nSPS) is 10.8. The topological polar surface area (TPSA) is 96.6 Å². The van der Waals surface area contributed by atoms with E-state index in [9.17, 15) is 19.5 Å². The first-order valence-electron chi connectivity index (χ1n) is 7.71. The van der Waals surface area contributed by atoms with Gasteiger partial charge in [-0.15, -0.1) is 0 Å². The van der Waals surface area contributed by atoms with Crippen molar-refractivity contribution in [3.63, 3.8) is 0 Å². The Morgan fingerprint density at radius 1 is 1.12 bits per heavy atom. The minimum Gasteiger partial charge on any atom is -0.545 e. The third-order valence-corrected chi connectivity index (χ3v) is 3.73. The van der Waals surface area contributed by atoms with E-state index >= 15 is 0 Å². The summed E-state index contributed by atoms with van der Waals surface area (Å²) in [6, 6.07) is 6.91. The smallest absolute Gasteiger partial charge is 0.545 e. The Hall–Kier alpha value is -2.15. The van der Waals surface area contributed by atoms with Gasteiger partial charge in [0, 0.05) is 0 Å². The zero-order valence-corrected chi connectivity index (χ0v) is 16.9. The molecule has 0 N–H and O–H groups in total. The van der Waals surface area contributed by atoms with Gasteiger partial charge in [0.15, 0.2) is 5.78 Å². The summed E-state index contributed by atoms with van der Waals surface area (Å²) < 4.78 is 11.3. The largest absolute Gasteiger partial charge is 1.00 e. The molecule has 0 aliphatic carbocycles. The van der Waals surface area contributed by atoms with Gasteiger partial charge in [-0.1, -0.05) is 0 Å². The maximum Gasteiger partial charge on any atom is 1.00 e. The fourth-order valence-electron chi connectivity index (χ4n) is 2.66. The van der Waals surface area contributed by atoms with E-state index in [2.05, 4.69) is 0 Å². The fourth-order valence-corrected chi connectivity index (χ4v) is 2.66. The molecule has 0 bridgehead atoms. The second-order valence-electron chi connectivity index (χ2n) is 6.00. The summed E-state index contributed by atoms with van der Waals surface area (Å²) in [4.78, 5) is 35.8. The van der Waals surface area contributed by atoms with E-state index in [0.29, 0.717) is 5.75 Å². The van der Waals surface area contributed by atoms with Gasteiger partial charge in [-0.05, 0) is 56.7 Å². The van der Waals surface area contributed by atoms with Crippen molar-refractivity contribution in [3.05, 3.63) is 51.7 Å². The number of Topliss-reactive ketones (excluding diaryl/α,β-unsaturated/α-hetero) is 1. The Balaban J connectivity index is 0.00000243. The molecular weight excluding hydrogens is 347 g/mol. The monoisotopic (exact) mass is 362 g/mol. The molecule has 3 rings (SSSR count). The standard InChI is InChI=1S/C19H16O6.Na/c1-9(2)24-12-7-13(10(3)20)18-15(8-12)17(21)14-6-11(19(22)23)4-5-16(14)25-18;/h4-9H,1-3H3,(H,22,23);/q;+1/p-1. The molecule has 0 spiro atoms. The van der Waals surface area contributed by atoms with Gasteiger partial charge >= 0.3 is 29.6 Å². The molecule has 0 fully saturated rings. The van der Waals surface area contributed by atoms with E-state index < -0.39 is 11.4 Å². The van der Waals surface area contributed by atoms with Crippen LogP contribution in [-0.2, 0) is 0 Å². The van der Waals surface area contributed by atoms with Gasteiger partial charge < -0.3 is 19.1 Å². The molecule has 0 aliphatic heterocycles. The van der Waals surface area contributed by atoms with E-state index in [1.165, 1.54) is 37.3 Å². The SMILES string of the molecule is CC(=O)c1cc(OC(C)C)cc2c(=O)c3cc(C(=O)[O-])ccc3oc12.[Na+]. The van der Waals surface area contributed by atoms with Crippen LogP contribution in [0.1, 0.15) is 41.5 Å². The number of benzene rings is 2. The number of fused-ring (bicyclic) bond motifs is 2. The number of carbonyl (C=O) groups is 2. The van der Waals surface area contributed by atoms with E-state index in [1.807, 2.05) is 13.8 Å². The van der Waals surface area contributed by atoms with Gasteiger partial charge in [0.2, 0.25) is 5.43 Å². The van der Waals surface area contributed by atoms with E-state index in [4.69, 9.17) is 9.15 Å². The first-order chi connectivity index (χ1) is 11.8. The quantitative estimate of drug-likeness (QED) is 0.346. The van der Waals surface area contributed by atoms with Crippen molar-refractivity contribution in [3.8, 4) is 5.75 Å². The predicted octanol–water partition coefficient (Wildman–Crippen LogP) is -0.696. The number of rotatable bonds is 4. The molecule has 3 aromatic rings. The maximum atomic E-state index is 12.8. The number of ketones is 1. The Kier molecular flexibility index (Phi) is 5.91. The van der Waals surface area contributed by atoms with Gasteiger partial charge in [0.1, 0.15) is 16.9 Å². The Morgan fingerprint density at radius 2 is 1.81 bits per heavy atom. The molecule has 1 heterocycles. The maximum absolute atomic E-state index is 12.8. The minimum absolute atomic E-state index is 0. The number of aromatic carboxylic acids is 1. The summed E-state index contributed by atoms with van der Waals surface area (Å²) in [7, 11) is 0. The van der Waals surface area contributed by atoms with Crippen molar-refractivity contribution >= 4 is 33.7 Å². The van der Waals surface area contributed by atoms with Crippen molar-refractivity contribution < 1.29 is 53.4 Å². The second kappa shape index (κ2) is 7.61. The van der Waals surface area contributed by atoms with Crippen LogP contribution in [0.15, 0.2) is 39.5 Å². The summed E-state index contributed by atoms with van der Waals surface area (Å²) >= 11 is 0. The molecular formula is C19H15NaO6. The van der Waals surface area contributed by atoms with Gasteiger partial charge in [0.05, 0.1) is 28.4 Å². The molecule has 0 saturated heterocycles. The first-order valence-corrected chi connectivity index (χ1v) is 7.71. The van der Waals surface area contributed by atoms with E-state index in [-0.39, 0.29) is 74.5 Å². The zero-order valence-electron chi connectivity index (χ0n) is 14.9. The van der Waals surface area contributed by atoms with Gasteiger partial charge in [-0.3, -0.25) is 9.59 Å². The number of ether oxygens (including phenoxy) is 1. The summed E-state index contributed by atoms with van der Waals surface area (Å²) in [5, 5.41) is 11.3. The van der Waals surface area contributed by atoms with Crippen LogP contribution in [0.4, 0.5) is 0 Å². The summed E-state index contributed by atoms with van der Waals surface area (Å²) in [5.74, 6) is -1.29. The molecule has 128 valence electrons. The molecule has 0 atom stereocenters. The van der Waals surface area contributed by atoms with Crippen molar-refractivity contribution in [1.82, 2.24) is 0 Å². The van der Waals surface area contributed by atoms with Crippen molar-refractivity contribution in [2.24, 2.45) is 0 Å². The van der Waals surface area contributed by atoms with Crippen LogP contribution in [-0.4, -0.2) is 17.9 Å². The Bertz CT molecular complexity index is 1080. The molecule has 0 aliphatic rings. The number of carboxylic acids is 1. The molecule has 7 heteroatoms. The van der Waals surface area contributed by atoms with E-state index in [0.717, 1.165) is 0 Å². The molecule has 0 saturated carbocycles. The minimum atomic E-state index is -1.39. The van der Waals surface area contributed by atoms with Gasteiger partial charge in [0.25, 0.3) is 0 Å². The summed E-state index contributed by atoms with van der Waals surface area (Å²) in [6.45, 7) is 5.02. The third kappa shape index (κ3) is 3.67. The average Bonchev–Trinajstić information content (AvgIpc) is 2.54. The third-order valence-electron chi connectivity index (χ3n) is 3.73. The number of carbonyl (C=O) groups excluding carboxylic acids is 2. The number of carboxylic acid groups (broad SMARTS) is 1. The van der Waals surface area contributed by atoms with Crippen LogP contribution in [0.25, 0.3) is 21.9 Å². The molecule has 0 unspecified atom stereocenters. The van der Waals surface area contributed by atoms with Gasteiger partial charge in [-0.25, -0.2) is 0 Å². The number of hydrogen-bond acceptors (Lipinski definition) is 6. The van der Waals surface area contributed by atoms with Crippen LogP contribution >= 0.6 is 0 Å². The first kappa shape index (κ1) is 20.2. The molecule has 2 aromatic carbocycles. The summed E-state index contributed by atoms with van der Waals surface area (Å²) in [6.07, 6.45) is -0.144. The van der Waals surface area contributed by atoms with Crippen LogP contribution in [0, 0.1) is 0 Å². The van der Waals surface area contributed by atoms with Crippen LogP contribution in [0.2, 0.25) is 0 Å². The molecule has 1 aromatic heterocycles. The van der Waals surface area contributed by atoms with Crippen molar-refractivity contribution in [2.45, 2.75) is 26.9 Å². The predicted molar refractivity (Wildman–Crippen MR) is 90.1 cm³/mol. The van der Waals surface area contributed by atoms with Gasteiger partial charge in [-0.2, -0.15) is 0 Å². The summed E-state index contributed by atoms with van der Waals surface area (Å²) in [5.41, 5.74) is 0.0255. The van der Waals surface area contributed by atoms with Crippen LogP contribution < -0.4 is 44.8 Å². The fraction of sp³-hybridized carbons (Fsp3) is 0.211. The van der Waals surface area contributed by atoms with Crippen LogP contribution in [0.5, 0.6) is 5.75 Å². The zero-order chi connectivity index (χ0) is 18.3. The number of hydrogen-bond donors (Lipinski definition) is 0. The van der Waals surface area contributed by atoms with Crippen LogP contribution in [0.3, 0.4) is 0 Å². The molecule has 26 heavy (non-hydrogen) atoms. The second-order valence-corrected chi connectivity index (χ2v) is 6.00. The van der Waals surface area contributed by atoms with Crippen molar-refractivity contribution in [2.75, 3.05) is 0 Å².